The number of hydrogen-bond acceptors (Lipinski definition) is 6. The lowest BCUT2D eigenvalue weighted by Gasteiger charge is -2.37. The maximum absolute atomic E-state index is 14.5. The van der Waals surface area contributed by atoms with Crippen molar-refractivity contribution < 1.29 is 23.6 Å². The highest BCUT2D eigenvalue weighted by molar-refractivity contribution is 5.94. The minimum absolute atomic E-state index is 0.0442. The van der Waals surface area contributed by atoms with Crippen molar-refractivity contribution in [3.05, 3.63) is 108 Å². The van der Waals surface area contributed by atoms with E-state index in [1.807, 2.05) is 61.8 Å². The smallest absolute Gasteiger partial charge is 0.251 e. The Labute approximate surface area is 298 Å². The van der Waals surface area contributed by atoms with Crippen LogP contribution in [0, 0.1) is 11.2 Å². The summed E-state index contributed by atoms with van der Waals surface area (Å²) in [6.45, 7) is 8.12. The van der Waals surface area contributed by atoms with E-state index in [4.69, 9.17) is 0 Å². The molecule has 12 heteroatoms. The first-order valence-corrected chi connectivity index (χ1v) is 17.4. The molecule has 0 aliphatic carbocycles. The summed E-state index contributed by atoms with van der Waals surface area (Å²) < 4.78 is 15.6. The largest absolute Gasteiger partial charge is 0.347 e. The second-order valence-electron chi connectivity index (χ2n) is 14.3. The molecule has 4 atom stereocenters. The third kappa shape index (κ3) is 9.57. The van der Waals surface area contributed by atoms with Crippen LogP contribution in [-0.4, -0.2) is 93.7 Å². The molecular formula is C39H48FN7O4. The Balaban J connectivity index is 1.43. The van der Waals surface area contributed by atoms with E-state index in [-0.39, 0.29) is 49.0 Å². The molecule has 0 saturated carbocycles. The molecule has 0 radical (unpaired) electrons. The first-order chi connectivity index (χ1) is 24.3. The molecule has 270 valence electrons. The molecule has 4 amide bonds. The van der Waals surface area contributed by atoms with E-state index in [2.05, 4.69) is 20.9 Å². The number of fused-ring (bicyclic) bond motifs is 1. The van der Waals surface area contributed by atoms with Gasteiger partial charge in [-0.05, 0) is 74.2 Å². The third-order valence-corrected chi connectivity index (χ3v) is 9.41. The number of likely N-dealkylation sites (N-methyl/N-ethyl adjacent to an activating group) is 1. The summed E-state index contributed by atoms with van der Waals surface area (Å²) >= 11 is 0. The molecule has 51 heavy (non-hydrogen) atoms. The summed E-state index contributed by atoms with van der Waals surface area (Å²) in [6, 6.07) is 18.4. The summed E-state index contributed by atoms with van der Waals surface area (Å²) in [5, 5.41) is 8.98. The standard InChI is InChI=1S/C39H48FN7O4/c1-26(41-5)36(49)44-35(39(2,3)4)38(51)47-24-30(43-37(50)28-11-7-6-8-12-28)21-32(47)25-46(20-18-27-14-16-29(40)17-15-27)34(48)22-31-23-45-19-10-9-13-33(45)42-31/h6-17,19,23,26,30,32,35,41H,18,20-22,24-25H2,1-5H3,(H,43,50)(H,44,49). The normalized spacial score (nSPS) is 17.2. The number of nitrogens with zero attached hydrogens (tertiary/aromatic N) is 4. The molecule has 2 aromatic heterocycles. The van der Waals surface area contributed by atoms with Gasteiger partial charge in [0.25, 0.3) is 5.91 Å². The summed E-state index contributed by atoms with van der Waals surface area (Å²) in [5.74, 6) is -1.36. The fourth-order valence-corrected chi connectivity index (χ4v) is 6.36. The first kappa shape index (κ1) is 37.2. The molecule has 3 N–H and O–H groups in total. The van der Waals surface area contributed by atoms with Gasteiger partial charge in [-0.2, -0.15) is 0 Å². The van der Waals surface area contributed by atoms with E-state index in [0.29, 0.717) is 30.6 Å². The molecule has 11 nitrogen and oxygen atoms in total. The van der Waals surface area contributed by atoms with E-state index in [9.17, 15) is 23.6 Å². The highest BCUT2D eigenvalue weighted by Gasteiger charge is 2.44. The number of halogens is 1. The second-order valence-corrected chi connectivity index (χ2v) is 14.3. The molecule has 1 fully saturated rings. The zero-order chi connectivity index (χ0) is 36.7. The first-order valence-electron chi connectivity index (χ1n) is 17.4. The predicted octanol–water partition coefficient (Wildman–Crippen LogP) is 3.63. The predicted molar refractivity (Wildman–Crippen MR) is 193 cm³/mol. The minimum Gasteiger partial charge on any atom is -0.347 e. The zero-order valence-corrected chi connectivity index (χ0v) is 29.9. The van der Waals surface area contributed by atoms with Gasteiger partial charge in [0.05, 0.1) is 24.2 Å². The number of imidazole rings is 1. The van der Waals surface area contributed by atoms with Crippen molar-refractivity contribution in [2.75, 3.05) is 26.7 Å². The van der Waals surface area contributed by atoms with Gasteiger partial charge in [-0.25, -0.2) is 9.37 Å². The topological polar surface area (TPSA) is 128 Å². The van der Waals surface area contributed by atoms with Gasteiger partial charge in [0, 0.05) is 43.6 Å². The number of hydrogen-bond donors (Lipinski definition) is 3. The van der Waals surface area contributed by atoms with Crippen LogP contribution in [0.15, 0.2) is 85.2 Å². The van der Waals surface area contributed by atoms with Crippen molar-refractivity contribution in [3.8, 4) is 0 Å². The molecule has 2 aromatic carbocycles. The van der Waals surface area contributed by atoms with Gasteiger partial charge < -0.3 is 30.2 Å². The summed E-state index contributed by atoms with van der Waals surface area (Å²) in [4.78, 5) is 63.0. The maximum Gasteiger partial charge on any atom is 0.251 e. The number of carbonyl (C=O) groups is 4. The fourth-order valence-electron chi connectivity index (χ4n) is 6.36. The molecular weight excluding hydrogens is 649 g/mol. The number of carbonyl (C=O) groups excluding carboxylic acids is 4. The monoisotopic (exact) mass is 697 g/mol. The minimum atomic E-state index is -0.867. The van der Waals surface area contributed by atoms with Crippen LogP contribution in [0.4, 0.5) is 4.39 Å². The van der Waals surface area contributed by atoms with Gasteiger partial charge in [-0.1, -0.05) is 57.2 Å². The lowest BCUT2D eigenvalue weighted by molar-refractivity contribution is -0.142. The average molecular weight is 698 g/mol. The van der Waals surface area contributed by atoms with Crippen molar-refractivity contribution in [3.63, 3.8) is 0 Å². The highest BCUT2D eigenvalue weighted by atomic mass is 19.1. The van der Waals surface area contributed by atoms with Crippen LogP contribution in [0.1, 0.15) is 55.7 Å². The average Bonchev–Trinajstić information content (AvgIpc) is 3.71. The van der Waals surface area contributed by atoms with E-state index >= 15 is 0 Å². The summed E-state index contributed by atoms with van der Waals surface area (Å²) in [7, 11) is 1.68. The quantitative estimate of drug-likeness (QED) is 0.196. The van der Waals surface area contributed by atoms with E-state index in [1.54, 1.807) is 60.2 Å². The Kier molecular flexibility index (Phi) is 11.9. The Morgan fingerprint density at radius 2 is 1.71 bits per heavy atom. The van der Waals surface area contributed by atoms with Crippen LogP contribution in [0.3, 0.4) is 0 Å². The lowest BCUT2D eigenvalue weighted by Crippen LogP contribution is -2.59. The molecule has 1 saturated heterocycles. The number of amides is 4. The molecule has 0 bridgehead atoms. The van der Waals surface area contributed by atoms with Gasteiger partial charge in [0.2, 0.25) is 17.7 Å². The van der Waals surface area contributed by atoms with Crippen LogP contribution >= 0.6 is 0 Å². The Bertz CT molecular complexity index is 1790. The van der Waals surface area contributed by atoms with Gasteiger partial charge in [0.15, 0.2) is 0 Å². The maximum atomic E-state index is 14.5. The van der Waals surface area contributed by atoms with Crippen molar-refractivity contribution >= 4 is 29.3 Å². The van der Waals surface area contributed by atoms with Gasteiger partial charge >= 0.3 is 0 Å². The molecule has 4 unspecified atom stereocenters. The molecule has 0 spiro atoms. The van der Waals surface area contributed by atoms with E-state index < -0.39 is 29.6 Å². The lowest BCUT2D eigenvalue weighted by atomic mass is 9.85. The SMILES string of the molecule is CNC(C)C(=O)NC(C(=O)N1CC(NC(=O)c2ccccc2)CC1CN(CCc1ccc(F)cc1)C(=O)Cc1cn2ccccc2n1)C(C)(C)C. The third-order valence-electron chi connectivity index (χ3n) is 9.41. The Morgan fingerprint density at radius 3 is 2.37 bits per heavy atom. The molecule has 3 heterocycles. The fraction of sp³-hybridized carbons (Fsp3) is 0.410. The molecule has 1 aliphatic rings. The van der Waals surface area contributed by atoms with Crippen LogP contribution in [0.2, 0.25) is 0 Å². The van der Waals surface area contributed by atoms with E-state index in [1.165, 1.54) is 12.1 Å². The van der Waals surface area contributed by atoms with E-state index in [0.717, 1.165) is 11.2 Å². The van der Waals surface area contributed by atoms with Crippen LogP contribution < -0.4 is 16.0 Å². The molecule has 5 rings (SSSR count). The number of benzene rings is 2. The number of pyridine rings is 1. The molecule has 4 aromatic rings. The Morgan fingerprint density at radius 1 is 1.00 bits per heavy atom. The van der Waals surface area contributed by atoms with Gasteiger partial charge in [0.1, 0.15) is 17.5 Å². The zero-order valence-electron chi connectivity index (χ0n) is 29.9. The summed E-state index contributed by atoms with van der Waals surface area (Å²) in [6.07, 6.45) is 4.61. The van der Waals surface area contributed by atoms with Crippen LogP contribution in [0.5, 0.6) is 0 Å². The second kappa shape index (κ2) is 16.3. The number of likely N-dealkylation sites (tertiary alicyclic amines) is 1. The van der Waals surface area contributed by atoms with Crippen molar-refractivity contribution in [2.24, 2.45) is 5.41 Å². The van der Waals surface area contributed by atoms with Crippen molar-refractivity contribution in [1.29, 1.82) is 0 Å². The molecule has 1 aliphatic heterocycles. The number of nitrogens with one attached hydrogen (secondary N) is 3. The van der Waals surface area contributed by atoms with Crippen LogP contribution in [0.25, 0.3) is 5.65 Å². The van der Waals surface area contributed by atoms with Gasteiger partial charge in [-0.15, -0.1) is 0 Å². The number of aromatic nitrogens is 2. The highest BCUT2D eigenvalue weighted by Crippen LogP contribution is 2.27. The Hall–Kier alpha value is -5.10. The van der Waals surface area contributed by atoms with Gasteiger partial charge in [-0.3, -0.25) is 19.2 Å². The summed E-state index contributed by atoms with van der Waals surface area (Å²) in [5.41, 5.74) is 2.06. The van der Waals surface area contributed by atoms with Crippen LogP contribution in [-0.2, 0) is 27.2 Å². The number of rotatable bonds is 13. The van der Waals surface area contributed by atoms with Crippen molar-refractivity contribution in [2.45, 2.75) is 71.1 Å². The van der Waals surface area contributed by atoms with Crippen molar-refractivity contribution in [1.82, 2.24) is 35.1 Å².